The summed E-state index contributed by atoms with van der Waals surface area (Å²) in [5, 5.41) is 3.75. The van der Waals surface area contributed by atoms with Gasteiger partial charge in [0, 0.05) is 25.2 Å². The Kier molecular flexibility index (Phi) is 3.53. The highest BCUT2D eigenvalue weighted by atomic mass is 16.5. The maximum atomic E-state index is 6.00. The molecule has 0 aliphatic carbocycles. The van der Waals surface area contributed by atoms with E-state index in [-0.39, 0.29) is 6.04 Å². The highest BCUT2D eigenvalue weighted by Crippen LogP contribution is 2.13. The largest absolute Gasteiger partial charge is 0.339 e. The molecule has 0 amide bonds. The molecule has 0 spiro atoms. The molecule has 0 saturated carbocycles. The lowest BCUT2D eigenvalue weighted by Gasteiger charge is -2.11. The van der Waals surface area contributed by atoms with Gasteiger partial charge in [0.25, 0.3) is 0 Å². The molecule has 6 nitrogen and oxygen atoms in total. The van der Waals surface area contributed by atoms with Gasteiger partial charge in [-0.3, -0.25) is 0 Å². The first-order chi connectivity index (χ1) is 8.20. The number of aromatic nitrogens is 4. The summed E-state index contributed by atoms with van der Waals surface area (Å²) in [7, 11) is 0. The van der Waals surface area contributed by atoms with E-state index in [1.807, 2.05) is 17.7 Å². The van der Waals surface area contributed by atoms with Crippen LogP contribution in [0.5, 0.6) is 0 Å². The average Bonchev–Trinajstić information content (AvgIpc) is 2.94. The predicted octanol–water partition coefficient (Wildman–Crippen LogP) is 1.23. The minimum absolute atomic E-state index is 0.0296. The first kappa shape index (κ1) is 11.8. The van der Waals surface area contributed by atoms with E-state index in [4.69, 9.17) is 10.3 Å². The Morgan fingerprint density at radius 1 is 1.53 bits per heavy atom. The molecule has 0 radical (unpaired) electrons. The second-order valence-electron chi connectivity index (χ2n) is 4.01. The van der Waals surface area contributed by atoms with Crippen LogP contribution in [0, 0.1) is 6.92 Å². The third-order valence-electron chi connectivity index (χ3n) is 2.70. The highest BCUT2D eigenvalue weighted by molar-refractivity contribution is 5.04. The molecule has 0 aromatic carbocycles. The predicted molar refractivity (Wildman–Crippen MR) is 62.2 cm³/mol. The van der Waals surface area contributed by atoms with Crippen molar-refractivity contribution in [1.82, 2.24) is 19.7 Å². The van der Waals surface area contributed by atoms with E-state index in [2.05, 4.69) is 22.0 Å². The van der Waals surface area contributed by atoms with E-state index in [1.54, 1.807) is 6.33 Å². The van der Waals surface area contributed by atoms with E-state index in [9.17, 15) is 0 Å². The van der Waals surface area contributed by atoms with Crippen LogP contribution in [0.2, 0.25) is 0 Å². The summed E-state index contributed by atoms with van der Waals surface area (Å²) < 4.78 is 7.10. The molecule has 2 N–H and O–H groups in total. The van der Waals surface area contributed by atoms with Crippen LogP contribution in [0.15, 0.2) is 17.0 Å². The summed E-state index contributed by atoms with van der Waals surface area (Å²) in [6, 6.07) is 0.0296. The van der Waals surface area contributed by atoms with Crippen LogP contribution in [0.4, 0.5) is 0 Å². The van der Waals surface area contributed by atoms with Crippen LogP contribution in [0.3, 0.4) is 0 Å². The normalized spacial score (nSPS) is 12.9. The number of rotatable bonds is 5. The van der Waals surface area contributed by atoms with Gasteiger partial charge < -0.3 is 14.8 Å². The van der Waals surface area contributed by atoms with Gasteiger partial charge in [0.2, 0.25) is 5.89 Å². The summed E-state index contributed by atoms with van der Waals surface area (Å²) >= 11 is 0. The van der Waals surface area contributed by atoms with Gasteiger partial charge in [-0.2, -0.15) is 4.98 Å². The fourth-order valence-electron chi connectivity index (χ4n) is 1.69. The maximum Gasteiger partial charge on any atom is 0.228 e. The zero-order chi connectivity index (χ0) is 12.3. The van der Waals surface area contributed by atoms with Crippen molar-refractivity contribution in [3.8, 4) is 0 Å². The molecule has 0 fully saturated rings. The lowest BCUT2D eigenvalue weighted by Crippen LogP contribution is -2.15. The first-order valence-electron chi connectivity index (χ1n) is 5.75. The highest BCUT2D eigenvalue weighted by Gasteiger charge is 2.10. The fourth-order valence-corrected chi connectivity index (χ4v) is 1.69. The SMILES string of the molecule is CC[C@@H](N)c1cncn1CCc1nc(C)no1. The topological polar surface area (TPSA) is 82.8 Å². The Morgan fingerprint density at radius 2 is 2.35 bits per heavy atom. The Hall–Kier alpha value is -1.69. The van der Waals surface area contributed by atoms with Crippen molar-refractivity contribution < 1.29 is 4.52 Å². The van der Waals surface area contributed by atoms with E-state index in [0.29, 0.717) is 18.1 Å². The first-order valence-corrected chi connectivity index (χ1v) is 5.75. The molecule has 0 aliphatic heterocycles. The number of nitrogens with two attached hydrogens (primary N) is 1. The average molecular weight is 235 g/mol. The van der Waals surface area contributed by atoms with Crippen molar-refractivity contribution in [2.24, 2.45) is 5.73 Å². The van der Waals surface area contributed by atoms with Crippen LogP contribution in [0.25, 0.3) is 0 Å². The maximum absolute atomic E-state index is 6.00. The molecule has 6 heteroatoms. The third kappa shape index (κ3) is 2.71. The summed E-state index contributed by atoms with van der Waals surface area (Å²) in [6.45, 7) is 4.62. The molecule has 2 heterocycles. The smallest absolute Gasteiger partial charge is 0.228 e. The molecular weight excluding hydrogens is 218 g/mol. The van der Waals surface area contributed by atoms with Crippen molar-refractivity contribution in [3.05, 3.63) is 29.9 Å². The van der Waals surface area contributed by atoms with E-state index in [0.717, 1.165) is 18.7 Å². The lowest BCUT2D eigenvalue weighted by atomic mass is 10.2. The third-order valence-corrected chi connectivity index (χ3v) is 2.70. The zero-order valence-electron chi connectivity index (χ0n) is 10.1. The van der Waals surface area contributed by atoms with Crippen molar-refractivity contribution in [3.63, 3.8) is 0 Å². The summed E-state index contributed by atoms with van der Waals surface area (Å²) in [5.74, 6) is 1.31. The van der Waals surface area contributed by atoms with Gasteiger partial charge in [-0.05, 0) is 13.3 Å². The molecule has 0 saturated heterocycles. The molecule has 2 aromatic rings. The van der Waals surface area contributed by atoms with Crippen LogP contribution >= 0.6 is 0 Å². The lowest BCUT2D eigenvalue weighted by molar-refractivity contribution is 0.367. The number of aryl methyl sites for hydroxylation is 3. The monoisotopic (exact) mass is 235 g/mol. The van der Waals surface area contributed by atoms with Gasteiger partial charge in [0.1, 0.15) is 0 Å². The molecule has 2 aromatic heterocycles. The molecule has 92 valence electrons. The Bertz CT molecular complexity index is 476. The number of imidazole rings is 1. The molecule has 0 unspecified atom stereocenters. The van der Waals surface area contributed by atoms with Gasteiger partial charge in [0.05, 0.1) is 12.0 Å². The van der Waals surface area contributed by atoms with Crippen LogP contribution < -0.4 is 5.73 Å². The van der Waals surface area contributed by atoms with Crippen molar-refractivity contribution in [2.75, 3.05) is 0 Å². The summed E-state index contributed by atoms with van der Waals surface area (Å²) in [5.41, 5.74) is 7.05. The van der Waals surface area contributed by atoms with Crippen molar-refractivity contribution >= 4 is 0 Å². The molecule has 1 atom stereocenters. The van der Waals surface area contributed by atoms with Gasteiger partial charge in [-0.25, -0.2) is 4.98 Å². The number of hydrogen-bond acceptors (Lipinski definition) is 5. The van der Waals surface area contributed by atoms with Gasteiger partial charge in [-0.15, -0.1) is 0 Å². The number of hydrogen-bond donors (Lipinski definition) is 1. The zero-order valence-corrected chi connectivity index (χ0v) is 10.1. The van der Waals surface area contributed by atoms with E-state index < -0.39 is 0 Å². The standard InChI is InChI=1S/C11H17N5O/c1-3-9(12)10-6-13-7-16(10)5-4-11-14-8(2)15-17-11/h6-7,9H,3-5,12H2,1-2H3/t9-/m1/s1. The van der Waals surface area contributed by atoms with Gasteiger partial charge in [-0.1, -0.05) is 12.1 Å². The molecular formula is C11H17N5O. The van der Waals surface area contributed by atoms with Gasteiger partial charge in [0.15, 0.2) is 5.82 Å². The van der Waals surface area contributed by atoms with Crippen LogP contribution in [-0.2, 0) is 13.0 Å². The van der Waals surface area contributed by atoms with Crippen LogP contribution in [-0.4, -0.2) is 19.7 Å². The molecule has 0 bridgehead atoms. The summed E-state index contributed by atoms with van der Waals surface area (Å²) in [4.78, 5) is 8.29. The quantitative estimate of drug-likeness (QED) is 0.842. The Labute approximate surface area is 99.8 Å². The molecule has 0 aliphatic rings. The van der Waals surface area contributed by atoms with E-state index >= 15 is 0 Å². The molecule has 17 heavy (non-hydrogen) atoms. The Balaban J connectivity index is 2.01. The fraction of sp³-hybridized carbons (Fsp3) is 0.545. The minimum Gasteiger partial charge on any atom is -0.339 e. The van der Waals surface area contributed by atoms with Crippen LogP contribution in [0.1, 0.15) is 36.8 Å². The second kappa shape index (κ2) is 5.09. The Morgan fingerprint density at radius 3 is 3.00 bits per heavy atom. The van der Waals surface area contributed by atoms with Crippen molar-refractivity contribution in [1.29, 1.82) is 0 Å². The summed E-state index contributed by atoms with van der Waals surface area (Å²) in [6.07, 6.45) is 5.19. The molecule has 2 rings (SSSR count). The van der Waals surface area contributed by atoms with Gasteiger partial charge >= 0.3 is 0 Å². The second-order valence-corrected chi connectivity index (χ2v) is 4.01. The van der Waals surface area contributed by atoms with Crippen molar-refractivity contribution in [2.45, 2.75) is 39.3 Å². The number of nitrogens with zero attached hydrogens (tertiary/aromatic N) is 4. The minimum atomic E-state index is 0.0296. The van der Waals surface area contributed by atoms with E-state index in [1.165, 1.54) is 0 Å².